The van der Waals surface area contributed by atoms with Gasteiger partial charge in [-0.05, 0) is 37.8 Å². The number of aliphatic hydroxyl groups is 2. The lowest BCUT2D eigenvalue weighted by molar-refractivity contribution is -0.671. The van der Waals surface area contributed by atoms with E-state index in [9.17, 15) is 10.2 Å². The number of ether oxygens (including phenoxy) is 2. The van der Waals surface area contributed by atoms with Gasteiger partial charge >= 0.3 is 0 Å². The molecule has 0 aliphatic carbocycles. The third-order valence-corrected chi connectivity index (χ3v) is 5.05. The summed E-state index contributed by atoms with van der Waals surface area (Å²) in [4.78, 5) is 0. The molecule has 2 N–H and O–H groups in total. The molecule has 2 aromatic rings. The summed E-state index contributed by atoms with van der Waals surface area (Å²) < 4.78 is 14.2. The van der Waals surface area contributed by atoms with E-state index < -0.39 is 18.5 Å². The average molecular weight is 399 g/mol. The van der Waals surface area contributed by atoms with Crippen molar-refractivity contribution in [3.8, 4) is 0 Å². The molecule has 0 amide bonds. The second-order valence-corrected chi connectivity index (χ2v) is 8.05. The van der Waals surface area contributed by atoms with Crippen LogP contribution in [0.5, 0.6) is 0 Å². The van der Waals surface area contributed by atoms with E-state index in [1.54, 1.807) is 13.8 Å². The number of aromatic nitrogens is 1. The Hall–Kier alpha value is -2.05. The van der Waals surface area contributed by atoms with Crippen LogP contribution in [0.15, 0.2) is 48.8 Å². The van der Waals surface area contributed by atoms with Gasteiger partial charge in [-0.3, -0.25) is 0 Å². The second-order valence-electron chi connectivity index (χ2n) is 8.05. The molecule has 4 unspecified atom stereocenters. The Morgan fingerprint density at radius 3 is 1.86 bits per heavy atom. The first kappa shape index (κ1) is 21.7. The molecule has 0 saturated carbocycles. The molecule has 3 rings (SSSR count). The van der Waals surface area contributed by atoms with Gasteiger partial charge in [0.25, 0.3) is 0 Å². The number of nitrogens with zero attached hydrogens (tertiary/aromatic N) is 1. The van der Waals surface area contributed by atoms with Crippen LogP contribution in [0, 0.1) is 0 Å². The zero-order chi connectivity index (χ0) is 20.8. The molecule has 0 radical (unpaired) electrons. The maximum Gasteiger partial charge on any atom is 0.184 e. The lowest BCUT2D eigenvalue weighted by Crippen LogP contribution is -2.36. The quantitative estimate of drug-likeness (QED) is 0.702. The molecular formula is C24H32NO4+. The van der Waals surface area contributed by atoms with Crippen molar-refractivity contribution in [1.82, 2.24) is 0 Å². The predicted molar refractivity (Wildman–Crippen MR) is 113 cm³/mol. The monoisotopic (exact) mass is 398 g/mol. The maximum absolute atomic E-state index is 9.76. The Morgan fingerprint density at radius 2 is 1.38 bits per heavy atom. The lowest BCUT2D eigenvalue weighted by atomic mass is 10.00. The molecular weight excluding hydrogens is 366 g/mol. The van der Waals surface area contributed by atoms with E-state index in [-0.39, 0.29) is 12.2 Å². The zero-order valence-electron chi connectivity index (χ0n) is 17.4. The normalized spacial score (nSPS) is 24.5. The van der Waals surface area contributed by atoms with Crippen molar-refractivity contribution in [3.63, 3.8) is 0 Å². The number of aliphatic hydroxyl groups excluding tert-OH is 2. The van der Waals surface area contributed by atoms with Crippen LogP contribution < -0.4 is 4.57 Å². The molecule has 0 bridgehead atoms. The van der Waals surface area contributed by atoms with E-state index in [0.717, 1.165) is 16.7 Å². The first-order valence-corrected chi connectivity index (χ1v) is 10.3. The molecule has 1 aliphatic rings. The van der Waals surface area contributed by atoms with E-state index >= 15 is 0 Å². The summed E-state index contributed by atoms with van der Waals surface area (Å²) in [6.07, 6.45) is 8.49. The van der Waals surface area contributed by atoms with E-state index in [0.29, 0.717) is 19.3 Å². The molecule has 1 aromatic heterocycles. The highest BCUT2D eigenvalue weighted by molar-refractivity contribution is 5.69. The van der Waals surface area contributed by atoms with Crippen LogP contribution in [-0.2, 0) is 16.5 Å². The van der Waals surface area contributed by atoms with Crippen molar-refractivity contribution < 1.29 is 24.3 Å². The molecule has 5 nitrogen and oxygen atoms in total. The maximum atomic E-state index is 9.76. The largest absolute Gasteiger partial charge is 0.393 e. The smallest absolute Gasteiger partial charge is 0.184 e. The van der Waals surface area contributed by atoms with Crippen LogP contribution >= 0.6 is 0 Å². The van der Waals surface area contributed by atoms with Crippen LogP contribution in [-0.4, -0.2) is 34.6 Å². The van der Waals surface area contributed by atoms with Gasteiger partial charge in [0.1, 0.15) is 7.05 Å². The van der Waals surface area contributed by atoms with Gasteiger partial charge in [-0.2, -0.15) is 0 Å². The van der Waals surface area contributed by atoms with Crippen LogP contribution in [0.25, 0.3) is 12.2 Å². The van der Waals surface area contributed by atoms with Crippen LogP contribution in [0.3, 0.4) is 0 Å². The van der Waals surface area contributed by atoms with Crippen molar-refractivity contribution in [3.05, 3.63) is 65.5 Å². The van der Waals surface area contributed by atoms with Crippen molar-refractivity contribution in [1.29, 1.82) is 0 Å². The molecule has 5 heteroatoms. The summed E-state index contributed by atoms with van der Waals surface area (Å²) in [7, 11) is 2.00. The summed E-state index contributed by atoms with van der Waals surface area (Å²) in [6.45, 7) is 3.54. The molecule has 0 spiro atoms. The molecule has 156 valence electrons. The number of benzene rings is 1. The van der Waals surface area contributed by atoms with Gasteiger partial charge < -0.3 is 19.7 Å². The number of hydrogen-bond acceptors (Lipinski definition) is 4. The highest BCUT2D eigenvalue weighted by Crippen LogP contribution is 2.33. The predicted octanol–water partition coefficient (Wildman–Crippen LogP) is 3.40. The highest BCUT2D eigenvalue weighted by atomic mass is 16.7. The second kappa shape index (κ2) is 10.1. The van der Waals surface area contributed by atoms with E-state index in [1.807, 2.05) is 48.3 Å². The van der Waals surface area contributed by atoms with E-state index in [1.165, 1.54) is 0 Å². The minimum Gasteiger partial charge on any atom is -0.393 e. The molecule has 4 atom stereocenters. The van der Waals surface area contributed by atoms with Gasteiger partial charge in [-0.25, -0.2) is 4.57 Å². The number of aryl methyl sites for hydroxylation is 1. The van der Waals surface area contributed by atoms with Crippen LogP contribution in [0.2, 0.25) is 0 Å². The van der Waals surface area contributed by atoms with Gasteiger partial charge in [-0.15, -0.1) is 0 Å². The first-order chi connectivity index (χ1) is 13.9. The number of rotatable bonds is 7. The SMILES string of the molecule is CC(O)CC1CC(CC(C)O)OC(c2ccc(/C=C/c3cc[n+](C)cc3)cc2)O1. The summed E-state index contributed by atoms with van der Waals surface area (Å²) in [6, 6.07) is 12.3. The van der Waals surface area contributed by atoms with Crippen LogP contribution in [0.4, 0.5) is 0 Å². The minimum atomic E-state index is -0.483. The Kier molecular flexibility index (Phi) is 7.56. The Bertz CT molecular complexity index is 766. The van der Waals surface area contributed by atoms with Gasteiger partial charge in [-0.1, -0.05) is 36.4 Å². The van der Waals surface area contributed by atoms with Gasteiger partial charge in [0, 0.05) is 24.1 Å². The topological polar surface area (TPSA) is 62.8 Å². The van der Waals surface area contributed by atoms with Crippen molar-refractivity contribution in [2.45, 2.75) is 63.8 Å². The minimum absolute atomic E-state index is 0.0866. The fourth-order valence-electron chi connectivity index (χ4n) is 3.59. The van der Waals surface area contributed by atoms with Gasteiger partial charge in [0.2, 0.25) is 0 Å². The number of hydrogen-bond donors (Lipinski definition) is 2. The Morgan fingerprint density at radius 1 is 0.897 bits per heavy atom. The third-order valence-electron chi connectivity index (χ3n) is 5.05. The Balaban J connectivity index is 1.68. The fourth-order valence-corrected chi connectivity index (χ4v) is 3.59. The zero-order valence-corrected chi connectivity index (χ0v) is 17.4. The molecule has 1 saturated heterocycles. The van der Waals surface area contributed by atoms with Crippen molar-refractivity contribution >= 4 is 12.2 Å². The number of pyridine rings is 1. The summed E-state index contributed by atoms with van der Waals surface area (Å²) >= 11 is 0. The summed E-state index contributed by atoms with van der Waals surface area (Å²) in [5.74, 6) is 0. The summed E-state index contributed by atoms with van der Waals surface area (Å²) in [5, 5.41) is 19.5. The van der Waals surface area contributed by atoms with Crippen molar-refractivity contribution in [2.24, 2.45) is 7.05 Å². The van der Waals surface area contributed by atoms with Crippen molar-refractivity contribution in [2.75, 3.05) is 0 Å². The van der Waals surface area contributed by atoms with Crippen LogP contribution in [0.1, 0.15) is 56.1 Å². The third kappa shape index (κ3) is 6.75. The van der Waals surface area contributed by atoms with Gasteiger partial charge in [0.15, 0.2) is 18.7 Å². The molecule has 1 aromatic carbocycles. The average Bonchev–Trinajstić information content (AvgIpc) is 2.67. The Labute approximate surface area is 173 Å². The molecule has 1 aliphatic heterocycles. The highest BCUT2D eigenvalue weighted by Gasteiger charge is 2.32. The molecule has 2 heterocycles. The molecule has 29 heavy (non-hydrogen) atoms. The van der Waals surface area contributed by atoms with E-state index in [2.05, 4.69) is 24.3 Å². The van der Waals surface area contributed by atoms with Gasteiger partial charge in [0.05, 0.1) is 24.4 Å². The lowest BCUT2D eigenvalue weighted by Gasteiger charge is -2.37. The summed E-state index contributed by atoms with van der Waals surface area (Å²) in [5.41, 5.74) is 3.19. The molecule has 1 fully saturated rings. The fraction of sp³-hybridized carbons (Fsp3) is 0.458. The standard InChI is InChI=1S/C24H32NO4/c1-17(26)14-22-16-23(15-18(2)27)29-24(28-22)21-8-6-19(7-9-21)4-5-20-10-12-25(3)13-11-20/h4-13,17-18,22-24,26-27H,14-16H2,1-3H3/q+1/b5-4+. The van der Waals surface area contributed by atoms with E-state index in [4.69, 9.17) is 9.47 Å². The first-order valence-electron chi connectivity index (χ1n) is 10.3.